The molecule has 0 aromatic rings. The summed E-state index contributed by atoms with van der Waals surface area (Å²) in [7, 11) is 0. The topological polar surface area (TPSA) is 6.48 Å². The van der Waals surface area contributed by atoms with E-state index in [1.807, 2.05) is 0 Å². The molecule has 14 heavy (non-hydrogen) atoms. The SMILES string of the molecule is C1CCCN(CCN2CCCC2)CC1. The molecule has 2 heteroatoms. The van der Waals surface area contributed by atoms with Crippen LogP contribution in [0.5, 0.6) is 0 Å². The van der Waals surface area contributed by atoms with Crippen molar-refractivity contribution in [3.8, 4) is 0 Å². The fourth-order valence-electron chi connectivity index (χ4n) is 2.65. The Morgan fingerprint density at radius 1 is 0.500 bits per heavy atom. The van der Waals surface area contributed by atoms with E-state index >= 15 is 0 Å². The lowest BCUT2D eigenvalue weighted by Gasteiger charge is -2.23. The van der Waals surface area contributed by atoms with Gasteiger partial charge < -0.3 is 9.80 Å². The molecule has 2 heterocycles. The van der Waals surface area contributed by atoms with Crippen LogP contribution in [0.4, 0.5) is 0 Å². The minimum atomic E-state index is 1.32. The summed E-state index contributed by atoms with van der Waals surface area (Å²) in [6, 6.07) is 0. The average Bonchev–Trinajstić information content (AvgIpc) is 2.58. The molecule has 0 bridgehead atoms. The Labute approximate surface area is 88.3 Å². The molecule has 0 aromatic carbocycles. The molecule has 2 aliphatic heterocycles. The molecular formula is C12H24N2. The molecule has 0 radical (unpaired) electrons. The van der Waals surface area contributed by atoms with E-state index in [1.54, 1.807) is 0 Å². The highest BCUT2D eigenvalue weighted by atomic mass is 15.2. The number of hydrogen-bond acceptors (Lipinski definition) is 2. The lowest BCUT2D eigenvalue weighted by atomic mass is 10.2. The smallest absolute Gasteiger partial charge is 0.0109 e. The third-order valence-corrected chi connectivity index (χ3v) is 3.63. The maximum Gasteiger partial charge on any atom is 0.0109 e. The lowest BCUT2D eigenvalue weighted by Crippen LogP contribution is -2.34. The summed E-state index contributed by atoms with van der Waals surface area (Å²) in [5, 5.41) is 0. The molecule has 0 spiro atoms. The van der Waals surface area contributed by atoms with Gasteiger partial charge >= 0.3 is 0 Å². The van der Waals surface area contributed by atoms with Crippen molar-refractivity contribution in [3.05, 3.63) is 0 Å². The van der Waals surface area contributed by atoms with Gasteiger partial charge in [-0.1, -0.05) is 12.8 Å². The molecule has 0 aliphatic carbocycles. The van der Waals surface area contributed by atoms with Gasteiger partial charge in [0, 0.05) is 13.1 Å². The molecule has 0 aromatic heterocycles. The van der Waals surface area contributed by atoms with E-state index in [9.17, 15) is 0 Å². The van der Waals surface area contributed by atoms with Crippen LogP contribution in [0.3, 0.4) is 0 Å². The molecule has 82 valence electrons. The second-order valence-electron chi connectivity index (χ2n) is 4.80. The molecule has 0 atom stereocenters. The second-order valence-corrected chi connectivity index (χ2v) is 4.80. The van der Waals surface area contributed by atoms with E-state index in [-0.39, 0.29) is 0 Å². The van der Waals surface area contributed by atoms with Gasteiger partial charge in [-0.25, -0.2) is 0 Å². The Morgan fingerprint density at radius 3 is 1.29 bits per heavy atom. The third kappa shape index (κ3) is 3.25. The van der Waals surface area contributed by atoms with E-state index in [0.29, 0.717) is 0 Å². The fraction of sp³-hybridized carbons (Fsp3) is 1.00. The van der Waals surface area contributed by atoms with Gasteiger partial charge in [-0.05, 0) is 51.9 Å². The fourth-order valence-corrected chi connectivity index (χ4v) is 2.65. The molecule has 2 fully saturated rings. The maximum absolute atomic E-state index is 2.67. The summed E-state index contributed by atoms with van der Waals surface area (Å²) < 4.78 is 0. The highest BCUT2D eigenvalue weighted by Crippen LogP contribution is 2.11. The summed E-state index contributed by atoms with van der Waals surface area (Å²) in [5.41, 5.74) is 0. The minimum Gasteiger partial charge on any atom is -0.302 e. The Balaban J connectivity index is 1.62. The van der Waals surface area contributed by atoms with Crippen LogP contribution in [0.25, 0.3) is 0 Å². The Hall–Kier alpha value is -0.0800. The monoisotopic (exact) mass is 196 g/mol. The average molecular weight is 196 g/mol. The van der Waals surface area contributed by atoms with Gasteiger partial charge in [0.25, 0.3) is 0 Å². The summed E-state index contributed by atoms with van der Waals surface area (Å²) in [4.78, 5) is 5.30. The highest BCUT2D eigenvalue weighted by Gasteiger charge is 2.13. The van der Waals surface area contributed by atoms with Crippen LogP contribution in [0.1, 0.15) is 38.5 Å². The largest absolute Gasteiger partial charge is 0.302 e. The van der Waals surface area contributed by atoms with Crippen LogP contribution in [0, 0.1) is 0 Å². The van der Waals surface area contributed by atoms with Crippen molar-refractivity contribution in [1.82, 2.24) is 9.80 Å². The van der Waals surface area contributed by atoms with Crippen molar-refractivity contribution in [1.29, 1.82) is 0 Å². The zero-order chi connectivity index (χ0) is 9.64. The first-order valence-electron chi connectivity index (χ1n) is 6.40. The van der Waals surface area contributed by atoms with Gasteiger partial charge in [0.15, 0.2) is 0 Å². The van der Waals surface area contributed by atoms with Crippen LogP contribution >= 0.6 is 0 Å². The van der Waals surface area contributed by atoms with Gasteiger partial charge in [0.05, 0.1) is 0 Å². The maximum atomic E-state index is 2.67. The van der Waals surface area contributed by atoms with Crippen LogP contribution in [-0.4, -0.2) is 49.1 Å². The molecule has 0 unspecified atom stereocenters. The van der Waals surface area contributed by atoms with Gasteiger partial charge in [0.2, 0.25) is 0 Å². The zero-order valence-electron chi connectivity index (χ0n) is 9.38. The van der Waals surface area contributed by atoms with Gasteiger partial charge in [-0.2, -0.15) is 0 Å². The minimum absolute atomic E-state index is 1.32. The van der Waals surface area contributed by atoms with E-state index in [2.05, 4.69) is 9.80 Å². The first-order valence-corrected chi connectivity index (χ1v) is 6.40. The Kier molecular flexibility index (Phi) is 4.26. The molecule has 2 aliphatic rings. The zero-order valence-corrected chi connectivity index (χ0v) is 9.38. The normalized spacial score (nSPS) is 26.6. The van der Waals surface area contributed by atoms with Crippen molar-refractivity contribution in [2.24, 2.45) is 0 Å². The number of nitrogens with zero attached hydrogens (tertiary/aromatic N) is 2. The lowest BCUT2D eigenvalue weighted by molar-refractivity contribution is 0.231. The van der Waals surface area contributed by atoms with Crippen molar-refractivity contribution in [2.75, 3.05) is 39.3 Å². The number of likely N-dealkylation sites (tertiary alicyclic amines) is 2. The van der Waals surface area contributed by atoms with Gasteiger partial charge in [0.1, 0.15) is 0 Å². The van der Waals surface area contributed by atoms with Crippen LogP contribution < -0.4 is 0 Å². The molecule has 2 rings (SSSR count). The standard InChI is InChI=1S/C12H24N2/c1-2-4-8-13(7-3-1)11-12-14-9-5-6-10-14/h1-12H2. The van der Waals surface area contributed by atoms with Crippen molar-refractivity contribution < 1.29 is 0 Å². The predicted octanol–water partition coefficient (Wildman–Crippen LogP) is 1.96. The molecule has 2 saturated heterocycles. The summed E-state index contributed by atoms with van der Waals surface area (Å²) in [6.07, 6.45) is 8.64. The number of rotatable bonds is 3. The summed E-state index contributed by atoms with van der Waals surface area (Å²) in [5.74, 6) is 0. The quantitative estimate of drug-likeness (QED) is 0.681. The first-order chi connectivity index (χ1) is 6.95. The van der Waals surface area contributed by atoms with Crippen LogP contribution in [0.2, 0.25) is 0 Å². The Bertz CT molecular complexity index is 144. The van der Waals surface area contributed by atoms with Crippen LogP contribution in [0.15, 0.2) is 0 Å². The highest BCUT2D eigenvalue weighted by molar-refractivity contribution is 4.70. The van der Waals surface area contributed by atoms with Gasteiger partial charge in [-0.3, -0.25) is 0 Å². The first kappa shape index (κ1) is 10.4. The predicted molar refractivity (Wildman–Crippen MR) is 60.6 cm³/mol. The molecule has 0 N–H and O–H groups in total. The molecule has 2 nitrogen and oxygen atoms in total. The molecule has 0 saturated carbocycles. The molecular weight excluding hydrogens is 172 g/mol. The van der Waals surface area contributed by atoms with Crippen molar-refractivity contribution >= 4 is 0 Å². The van der Waals surface area contributed by atoms with E-state index in [1.165, 1.54) is 77.8 Å². The van der Waals surface area contributed by atoms with Crippen molar-refractivity contribution in [2.45, 2.75) is 38.5 Å². The summed E-state index contributed by atoms with van der Waals surface area (Å²) in [6.45, 7) is 8.06. The van der Waals surface area contributed by atoms with Crippen molar-refractivity contribution in [3.63, 3.8) is 0 Å². The summed E-state index contributed by atoms with van der Waals surface area (Å²) >= 11 is 0. The van der Waals surface area contributed by atoms with E-state index in [4.69, 9.17) is 0 Å². The van der Waals surface area contributed by atoms with Crippen LogP contribution in [-0.2, 0) is 0 Å². The molecule has 0 amide bonds. The van der Waals surface area contributed by atoms with E-state index < -0.39 is 0 Å². The third-order valence-electron chi connectivity index (χ3n) is 3.63. The van der Waals surface area contributed by atoms with Gasteiger partial charge in [-0.15, -0.1) is 0 Å². The van der Waals surface area contributed by atoms with E-state index in [0.717, 1.165) is 0 Å². The Morgan fingerprint density at radius 2 is 0.857 bits per heavy atom. The second kappa shape index (κ2) is 5.72. The number of hydrogen-bond donors (Lipinski definition) is 0.